The molecule has 0 fully saturated rings. The number of benzene rings is 1. The largest absolute Gasteiger partial charge is 0.481 e. The van der Waals surface area contributed by atoms with Crippen molar-refractivity contribution in [2.75, 3.05) is 0 Å². The van der Waals surface area contributed by atoms with Crippen LogP contribution in [-0.4, -0.2) is 34.1 Å². The summed E-state index contributed by atoms with van der Waals surface area (Å²) < 4.78 is 0. The Balaban J connectivity index is 2.69. The van der Waals surface area contributed by atoms with E-state index in [4.69, 9.17) is 10.2 Å². The third-order valence-electron chi connectivity index (χ3n) is 3.26. The Morgan fingerprint density at radius 3 is 2.33 bits per heavy atom. The van der Waals surface area contributed by atoms with Gasteiger partial charge in [0, 0.05) is 12.0 Å². The SMILES string of the molecule is Cc1ccc(C(=O)N[C@H](CCCC(=O)O)C(=O)O)cc1C. The molecule has 0 saturated carbocycles. The van der Waals surface area contributed by atoms with Gasteiger partial charge in [-0.25, -0.2) is 4.79 Å². The highest BCUT2D eigenvalue weighted by molar-refractivity contribution is 5.96. The zero-order chi connectivity index (χ0) is 16.0. The number of aryl methyl sites for hydroxylation is 2. The Bertz CT molecular complexity index is 553. The average Bonchev–Trinajstić information content (AvgIpc) is 2.40. The van der Waals surface area contributed by atoms with E-state index in [1.807, 2.05) is 13.8 Å². The lowest BCUT2D eigenvalue weighted by Gasteiger charge is -2.14. The minimum Gasteiger partial charge on any atom is -0.481 e. The first kappa shape index (κ1) is 16.7. The van der Waals surface area contributed by atoms with Gasteiger partial charge in [0.05, 0.1) is 0 Å². The summed E-state index contributed by atoms with van der Waals surface area (Å²) in [5.41, 5.74) is 2.38. The van der Waals surface area contributed by atoms with Crippen molar-refractivity contribution in [3.63, 3.8) is 0 Å². The summed E-state index contributed by atoms with van der Waals surface area (Å²) in [5, 5.41) is 20.0. The summed E-state index contributed by atoms with van der Waals surface area (Å²) in [6.45, 7) is 3.79. The smallest absolute Gasteiger partial charge is 0.326 e. The van der Waals surface area contributed by atoms with E-state index in [-0.39, 0.29) is 19.3 Å². The van der Waals surface area contributed by atoms with Crippen molar-refractivity contribution >= 4 is 17.8 Å². The van der Waals surface area contributed by atoms with Crippen LogP contribution in [0.15, 0.2) is 18.2 Å². The van der Waals surface area contributed by atoms with E-state index in [9.17, 15) is 14.4 Å². The van der Waals surface area contributed by atoms with Crippen LogP contribution in [0.3, 0.4) is 0 Å². The fourth-order valence-corrected chi connectivity index (χ4v) is 1.84. The highest BCUT2D eigenvalue weighted by Gasteiger charge is 2.20. The summed E-state index contributed by atoms with van der Waals surface area (Å²) in [5.74, 6) is -2.63. The molecular weight excluding hydrogens is 274 g/mol. The molecule has 0 unspecified atom stereocenters. The number of hydrogen-bond donors (Lipinski definition) is 3. The molecule has 1 aromatic rings. The zero-order valence-electron chi connectivity index (χ0n) is 12.0. The minimum atomic E-state index is -1.17. The molecule has 0 spiro atoms. The van der Waals surface area contributed by atoms with Crippen LogP contribution in [0.1, 0.15) is 40.7 Å². The van der Waals surface area contributed by atoms with Crippen molar-refractivity contribution in [3.05, 3.63) is 34.9 Å². The van der Waals surface area contributed by atoms with Gasteiger partial charge in [-0.3, -0.25) is 9.59 Å². The fourth-order valence-electron chi connectivity index (χ4n) is 1.84. The highest BCUT2D eigenvalue weighted by Crippen LogP contribution is 2.10. The van der Waals surface area contributed by atoms with Gasteiger partial charge in [-0.05, 0) is 49.9 Å². The zero-order valence-corrected chi connectivity index (χ0v) is 12.0. The van der Waals surface area contributed by atoms with E-state index >= 15 is 0 Å². The summed E-state index contributed by atoms with van der Waals surface area (Å²) in [6, 6.07) is 4.04. The predicted molar refractivity (Wildman–Crippen MR) is 76.3 cm³/mol. The lowest BCUT2D eigenvalue weighted by Crippen LogP contribution is -2.40. The van der Waals surface area contributed by atoms with Crippen molar-refractivity contribution in [3.8, 4) is 0 Å². The maximum Gasteiger partial charge on any atom is 0.326 e. The van der Waals surface area contributed by atoms with E-state index < -0.39 is 23.9 Å². The Kier molecular flexibility index (Phi) is 5.90. The van der Waals surface area contributed by atoms with Crippen LogP contribution >= 0.6 is 0 Å². The average molecular weight is 293 g/mol. The second-order valence-corrected chi connectivity index (χ2v) is 4.95. The number of nitrogens with one attached hydrogen (secondary N) is 1. The second-order valence-electron chi connectivity index (χ2n) is 4.95. The number of carboxylic acids is 2. The van der Waals surface area contributed by atoms with Gasteiger partial charge in [0.25, 0.3) is 5.91 Å². The van der Waals surface area contributed by atoms with Gasteiger partial charge in [-0.15, -0.1) is 0 Å². The lowest BCUT2D eigenvalue weighted by molar-refractivity contribution is -0.140. The van der Waals surface area contributed by atoms with Gasteiger partial charge < -0.3 is 15.5 Å². The Morgan fingerprint density at radius 1 is 1.14 bits per heavy atom. The van der Waals surface area contributed by atoms with Crippen LogP contribution < -0.4 is 5.32 Å². The molecule has 114 valence electrons. The van der Waals surface area contributed by atoms with Crippen molar-refractivity contribution < 1.29 is 24.6 Å². The lowest BCUT2D eigenvalue weighted by atomic mass is 10.0. The van der Waals surface area contributed by atoms with E-state index in [2.05, 4.69) is 5.32 Å². The van der Waals surface area contributed by atoms with Crippen molar-refractivity contribution in [1.29, 1.82) is 0 Å². The maximum absolute atomic E-state index is 12.0. The van der Waals surface area contributed by atoms with Crippen LogP contribution in [0.2, 0.25) is 0 Å². The number of carboxylic acid groups (broad SMARTS) is 2. The normalized spacial score (nSPS) is 11.7. The van der Waals surface area contributed by atoms with Crippen LogP contribution in [0, 0.1) is 13.8 Å². The van der Waals surface area contributed by atoms with E-state index in [0.717, 1.165) is 11.1 Å². The van der Waals surface area contributed by atoms with Gasteiger partial charge in [-0.2, -0.15) is 0 Å². The monoisotopic (exact) mass is 293 g/mol. The number of rotatable bonds is 7. The van der Waals surface area contributed by atoms with Crippen LogP contribution in [0.5, 0.6) is 0 Å². The topological polar surface area (TPSA) is 104 Å². The first-order valence-corrected chi connectivity index (χ1v) is 6.64. The molecule has 3 N–H and O–H groups in total. The molecule has 21 heavy (non-hydrogen) atoms. The molecule has 0 aliphatic rings. The molecule has 0 aromatic heterocycles. The number of hydrogen-bond acceptors (Lipinski definition) is 3. The predicted octanol–water partition coefficient (Wildman–Crippen LogP) is 1.74. The first-order valence-electron chi connectivity index (χ1n) is 6.64. The van der Waals surface area contributed by atoms with Crippen molar-refractivity contribution in [2.45, 2.75) is 39.2 Å². The number of amides is 1. The van der Waals surface area contributed by atoms with Gasteiger partial charge in [0.1, 0.15) is 6.04 Å². The number of carbonyl (C=O) groups is 3. The van der Waals surface area contributed by atoms with Gasteiger partial charge >= 0.3 is 11.9 Å². The second kappa shape index (κ2) is 7.42. The molecule has 0 aliphatic carbocycles. The van der Waals surface area contributed by atoms with Crippen LogP contribution in [0.4, 0.5) is 0 Å². The number of aliphatic carboxylic acids is 2. The molecular formula is C15H19NO5. The Hall–Kier alpha value is -2.37. The Morgan fingerprint density at radius 2 is 1.81 bits per heavy atom. The summed E-state index contributed by atoms with van der Waals surface area (Å²) in [6.07, 6.45) is 0.154. The molecule has 1 aromatic carbocycles. The standard InChI is InChI=1S/C15H19NO5/c1-9-6-7-11(8-10(9)2)14(19)16-12(15(20)21)4-3-5-13(17)18/h6-8,12H,3-5H2,1-2H3,(H,16,19)(H,17,18)(H,20,21)/t12-/m1/s1. The minimum absolute atomic E-state index is 0.0816. The molecule has 0 bridgehead atoms. The van der Waals surface area contributed by atoms with Crippen molar-refractivity contribution in [2.24, 2.45) is 0 Å². The van der Waals surface area contributed by atoms with Gasteiger partial charge in [0.15, 0.2) is 0 Å². The van der Waals surface area contributed by atoms with E-state index in [0.29, 0.717) is 5.56 Å². The third-order valence-corrected chi connectivity index (χ3v) is 3.26. The van der Waals surface area contributed by atoms with Gasteiger partial charge in [-0.1, -0.05) is 6.07 Å². The van der Waals surface area contributed by atoms with E-state index in [1.165, 1.54) is 0 Å². The molecule has 0 heterocycles. The Labute approximate surface area is 122 Å². The van der Waals surface area contributed by atoms with Crippen molar-refractivity contribution in [1.82, 2.24) is 5.32 Å². The molecule has 6 heteroatoms. The molecule has 0 radical (unpaired) electrons. The fraction of sp³-hybridized carbons (Fsp3) is 0.400. The quantitative estimate of drug-likeness (QED) is 0.710. The summed E-state index contributed by atoms with van der Waals surface area (Å²) in [4.78, 5) is 33.6. The number of carbonyl (C=O) groups excluding carboxylic acids is 1. The molecule has 6 nitrogen and oxygen atoms in total. The molecule has 0 aliphatic heterocycles. The van der Waals surface area contributed by atoms with Gasteiger partial charge in [0.2, 0.25) is 0 Å². The molecule has 1 amide bonds. The van der Waals surface area contributed by atoms with Crippen LogP contribution in [-0.2, 0) is 9.59 Å². The molecule has 0 saturated heterocycles. The van der Waals surface area contributed by atoms with Crippen LogP contribution in [0.25, 0.3) is 0 Å². The molecule has 1 atom stereocenters. The summed E-state index contributed by atoms with van der Waals surface area (Å²) in [7, 11) is 0. The molecule has 1 rings (SSSR count). The first-order chi connectivity index (χ1) is 9.81. The summed E-state index contributed by atoms with van der Waals surface area (Å²) >= 11 is 0. The third kappa shape index (κ3) is 5.25. The van der Waals surface area contributed by atoms with E-state index in [1.54, 1.807) is 18.2 Å². The maximum atomic E-state index is 12.0. The highest BCUT2D eigenvalue weighted by atomic mass is 16.4.